The number of halogens is 3. The van der Waals surface area contributed by atoms with Crippen LogP contribution in [0.5, 0.6) is 5.75 Å². The number of rotatable bonds is 5. The maximum Gasteiger partial charge on any atom is 0.416 e. The van der Waals surface area contributed by atoms with Crippen LogP contribution in [-0.4, -0.2) is 24.3 Å². The van der Waals surface area contributed by atoms with E-state index in [1.54, 1.807) is 6.08 Å². The van der Waals surface area contributed by atoms with Crippen molar-refractivity contribution in [2.45, 2.75) is 25.1 Å². The van der Waals surface area contributed by atoms with Gasteiger partial charge in [-0.25, -0.2) is 0 Å². The van der Waals surface area contributed by atoms with E-state index in [-0.39, 0.29) is 24.3 Å². The van der Waals surface area contributed by atoms with Crippen LogP contribution in [-0.2, 0) is 15.8 Å². The molecule has 7 heteroatoms. The van der Waals surface area contributed by atoms with Gasteiger partial charge in [-0.15, -0.1) is 0 Å². The Labute approximate surface area is 125 Å². The topological polar surface area (TPSA) is 55.4 Å². The zero-order chi connectivity index (χ0) is 16.2. The normalized spacial score (nSPS) is 18.5. The average molecular weight is 313 g/mol. The highest BCUT2D eigenvalue weighted by Gasteiger charge is 2.30. The number of benzene rings is 1. The van der Waals surface area contributed by atoms with Crippen molar-refractivity contribution >= 4 is 11.7 Å². The Bertz CT molecular complexity index is 596. The van der Waals surface area contributed by atoms with Crippen LogP contribution in [0, 0.1) is 0 Å². The summed E-state index contributed by atoms with van der Waals surface area (Å²) in [6.45, 7) is -0.363. The van der Waals surface area contributed by atoms with Gasteiger partial charge in [0.05, 0.1) is 5.56 Å². The monoisotopic (exact) mass is 313 g/mol. The summed E-state index contributed by atoms with van der Waals surface area (Å²) in [5.41, 5.74) is -0.832. The van der Waals surface area contributed by atoms with Crippen molar-refractivity contribution in [1.29, 1.82) is 0 Å². The zero-order valence-electron chi connectivity index (χ0n) is 11.5. The highest BCUT2D eigenvalue weighted by Crippen LogP contribution is 2.31. The summed E-state index contributed by atoms with van der Waals surface area (Å²) in [4.78, 5) is 22.6. The first-order chi connectivity index (χ1) is 10.3. The van der Waals surface area contributed by atoms with Gasteiger partial charge in [0.15, 0.2) is 12.4 Å². The first-order valence-corrected chi connectivity index (χ1v) is 6.65. The molecule has 1 saturated heterocycles. The van der Waals surface area contributed by atoms with Crippen LogP contribution in [0.1, 0.15) is 18.4 Å². The van der Waals surface area contributed by atoms with Gasteiger partial charge in [-0.3, -0.25) is 9.59 Å². The molecule has 0 aromatic heterocycles. The molecule has 1 aliphatic heterocycles. The van der Waals surface area contributed by atoms with Crippen molar-refractivity contribution in [3.8, 4) is 5.75 Å². The number of hydrogen-bond donors (Lipinski definition) is 1. The fraction of sp³-hybridized carbons (Fsp3) is 0.333. The van der Waals surface area contributed by atoms with E-state index in [1.165, 1.54) is 18.2 Å². The highest BCUT2D eigenvalue weighted by molar-refractivity contribution is 5.91. The molecule has 1 aliphatic rings. The van der Waals surface area contributed by atoms with E-state index in [0.717, 1.165) is 12.1 Å². The van der Waals surface area contributed by atoms with Gasteiger partial charge in [-0.2, -0.15) is 13.2 Å². The molecule has 1 fully saturated rings. The van der Waals surface area contributed by atoms with Crippen LogP contribution in [0.4, 0.5) is 13.2 Å². The standard InChI is InChI=1S/C15H14F3NO3/c16-15(17,18)10-2-1-3-13(8-10)22-9-12(20)6-4-11-5-7-14(21)19-11/h1-4,6,8,11H,5,7,9H2,(H,19,21). The number of carbonyl (C=O) groups is 2. The van der Waals surface area contributed by atoms with E-state index in [9.17, 15) is 22.8 Å². The lowest BCUT2D eigenvalue weighted by atomic mass is 10.2. The van der Waals surface area contributed by atoms with E-state index in [1.807, 2.05) is 0 Å². The fourth-order valence-corrected chi connectivity index (χ4v) is 1.97. The SMILES string of the molecule is O=C(C=CC1CCC(=O)N1)COc1cccc(C(F)(F)F)c1. The van der Waals surface area contributed by atoms with Crippen LogP contribution in [0.25, 0.3) is 0 Å². The summed E-state index contributed by atoms with van der Waals surface area (Å²) in [5, 5.41) is 2.66. The largest absolute Gasteiger partial charge is 0.485 e. The van der Waals surface area contributed by atoms with Crippen LogP contribution in [0.3, 0.4) is 0 Å². The smallest absolute Gasteiger partial charge is 0.416 e. The van der Waals surface area contributed by atoms with Crippen LogP contribution < -0.4 is 10.1 Å². The first-order valence-electron chi connectivity index (χ1n) is 6.65. The van der Waals surface area contributed by atoms with Gasteiger partial charge in [0.25, 0.3) is 0 Å². The third-order valence-corrected chi connectivity index (χ3v) is 3.09. The molecule has 2 rings (SSSR count). The van der Waals surface area contributed by atoms with Crippen LogP contribution in [0.15, 0.2) is 36.4 Å². The Balaban J connectivity index is 1.86. The van der Waals surface area contributed by atoms with E-state index >= 15 is 0 Å². The zero-order valence-corrected chi connectivity index (χ0v) is 11.5. The van der Waals surface area contributed by atoms with Crippen molar-refractivity contribution < 1.29 is 27.5 Å². The molecule has 22 heavy (non-hydrogen) atoms. The molecule has 1 atom stereocenters. The number of hydrogen-bond acceptors (Lipinski definition) is 3. The Morgan fingerprint density at radius 3 is 2.82 bits per heavy atom. The van der Waals surface area contributed by atoms with Gasteiger partial charge in [0, 0.05) is 12.5 Å². The molecule has 1 unspecified atom stereocenters. The minimum atomic E-state index is -4.45. The number of nitrogens with one attached hydrogen (secondary N) is 1. The lowest BCUT2D eigenvalue weighted by Crippen LogP contribution is -2.23. The van der Waals surface area contributed by atoms with Crippen molar-refractivity contribution in [3.05, 3.63) is 42.0 Å². The first kappa shape index (κ1) is 16.1. The molecular weight excluding hydrogens is 299 g/mol. The Morgan fingerprint density at radius 2 is 2.18 bits per heavy atom. The van der Waals surface area contributed by atoms with Crippen LogP contribution >= 0.6 is 0 Å². The molecule has 1 N–H and O–H groups in total. The Kier molecular flexibility index (Phi) is 4.85. The van der Waals surface area contributed by atoms with E-state index in [0.29, 0.717) is 12.8 Å². The van der Waals surface area contributed by atoms with Gasteiger partial charge in [0.1, 0.15) is 5.75 Å². The van der Waals surface area contributed by atoms with E-state index in [2.05, 4.69) is 5.32 Å². The minimum absolute atomic E-state index is 0.0225. The number of ketones is 1. The number of amides is 1. The minimum Gasteiger partial charge on any atom is -0.485 e. The second-order valence-corrected chi connectivity index (χ2v) is 4.85. The third-order valence-electron chi connectivity index (χ3n) is 3.09. The van der Waals surface area contributed by atoms with E-state index < -0.39 is 17.5 Å². The molecule has 118 valence electrons. The number of ether oxygens (including phenoxy) is 1. The fourth-order valence-electron chi connectivity index (χ4n) is 1.97. The third kappa shape index (κ3) is 4.61. The Morgan fingerprint density at radius 1 is 1.41 bits per heavy atom. The summed E-state index contributed by atoms with van der Waals surface area (Å²) < 4.78 is 42.6. The second-order valence-electron chi connectivity index (χ2n) is 4.85. The second kappa shape index (κ2) is 6.64. The quantitative estimate of drug-likeness (QED) is 0.850. The maximum atomic E-state index is 12.5. The van der Waals surface area contributed by atoms with Gasteiger partial charge in [-0.05, 0) is 30.7 Å². The van der Waals surface area contributed by atoms with Crippen molar-refractivity contribution in [3.63, 3.8) is 0 Å². The summed E-state index contributed by atoms with van der Waals surface area (Å²) >= 11 is 0. The summed E-state index contributed by atoms with van der Waals surface area (Å²) in [6.07, 6.45) is -0.586. The predicted molar refractivity (Wildman–Crippen MR) is 72.3 cm³/mol. The lowest BCUT2D eigenvalue weighted by molar-refractivity contribution is -0.137. The summed E-state index contributed by atoms with van der Waals surface area (Å²) in [5.74, 6) is -0.480. The molecule has 0 radical (unpaired) electrons. The van der Waals surface area contributed by atoms with Gasteiger partial charge in [0.2, 0.25) is 5.91 Å². The van der Waals surface area contributed by atoms with Gasteiger partial charge < -0.3 is 10.1 Å². The molecule has 4 nitrogen and oxygen atoms in total. The molecule has 1 amide bonds. The molecule has 0 saturated carbocycles. The number of alkyl halides is 3. The molecular formula is C15H14F3NO3. The van der Waals surface area contributed by atoms with Crippen LogP contribution in [0.2, 0.25) is 0 Å². The molecule has 1 aromatic rings. The maximum absolute atomic E-state index is 12.5. The lowest BCUT2D eigenvalue weighted by Gasteiger charge is -2.09. The predicted octanol–water partition coefficient (Wildman–Crippen LogP) is 2.49. The summed E-state index contributed by atoms with van der Waals surface area (Å²) in [6, 6.07) is 4.16. The Hall–Kier alpha value is -2.31. The van der Waals surface area contributed by atoms with Gasteiger partial charge in [-0.1, -0.05) is 12.1 Å². The molecule has 0 spiro atoms. The average Bonchev–Trinajstić information content (AvgIpc) is 2.88. The van der Waals surface area contributed by atoms with E-state index in [4.69, 9.17) is 4.74 Å². The van der Waals surface area contributed by atoms with Crippen molar-refractivity contribution in [1.82, 2.24) is 5.32 Å². The van der Waals surface area contributed by atoms with Gasteiger partial charge >= 0.3 is 6.18 Å². The molecule has 0 bridgehead atoms. The molecule has 1 aromatic carbocycles. The summed E-state index contributed by atoms with van der Waals surface area (Å²) in [7, 11) is 0. The van der Waals surface area contributed by atoms with Crippen molar-refractivity contribution in [2.24, 2.45) is 0 Å². The highest BCUT2D eigenvalue weighted by atomic mass is 19.4. The molecule has 1 heterocycles. The molecule has 0 aliphatic carbocycles. The number of carbonyl (C=O) groups excluding carboxylic acids is 2. The van der Waals surface area contributed by atoms with Crippen molar-refractivity contribution in [2.75, 3.05) is 6.61 Å².